The second-order valence-corrected chi connectivity index (χ2v) is 3.64. The molecule has 0 unspecified atom stereocenters. The van der Waals surface area contributed by atoms with Crippen LogP contribution in [0.3, 0.4) is 0 Å². The molecule has 1 N–H and O–H groups in total. The van der Waals surface area contributed by atoms with Gasteiger partial charge in [0.05, 0.1) is 5.69 Å². The third-order valence-corrected chi connectivity index (χ3v) is 2.29. The van der Waals surface area contributed by atoms with E-state index in [-0.39, 0.29) is 0 Å². The zero-order chi connectivity index (χ0) is 9.10. The third kappa shape index (κ3) is 2.49. The Bertz CT molecular complexity index is 281. The van der Waals surface area contributed by atoms with E-state index in [1.165, 1.54) is 12.8 Å². The molecule has 0 bridgehead atoms. The van der Waals surface area contributed by atoms with Gasteiger partial charge < -0.3 is 5.32 Å². The van der Waals surface area contributed by atoms with Gasteiger partial charge in [0.15, 0.2) is 0 Å². The van der Waals surface area contributed by atoms with E-state index in [4.69, 9.17) is 0 Å². The molecule has 1 aliphatic rings. The van der Waals surface area contributed by atoms with E-state index in [1.807, 2.05) is 19.3 Å². The number of hydrogen-bond acceptors (Lipinski definition) is 3. The van der Waals surface area contributed by atoms with Crippen LogP contribution in [0.15, 0.2) is 12.3 Å². The van der Waals surface area contributed by atoms with Crippen LogP contribution in [-0.2, 0) is 13.0 Å². The Morgan fingerprint density at radius 2 is 2.38 bits per heavy atom. The van der Waals surface area contributed by atoms with Crippen LogP contribution in [-0.4, -0.2) is 17.0 Å². The van der Waals surface area contributed by atoms with Crippen molar-refractivity contribution in [2.24, 2.45) is 5.92 Å². The van der Waals surface area contributed by atoms with E-state index < -0.39 is 0 Å². The van der Waals surface area contributed by atoms with E-state index in [1.54, 1.807) is 0 Å². The molecule has 3 nitrogen and oxygen atoms in total. The van der Waals surface area contributed by atoms with Crippen molar-refractivity contribution in [3.8, 4) is 0 Å². The van der Waals surface area contributed by atoms with Crippen molar-refractivity contribution < 1.29 is 0 Å². The van der Waals surface area contributed by atoms with Gasteiger partial charge in [0, 0.05) is 19.2 Å². The van der Waals surface area contributed by atoms with Crippen LogP contribution in [0.5, 0.6) is 0 Å². The highest BCUT2D eigenvalue weighted by atomic mass is 14.9. The fourth-order valence-corrected chi connectivity index (χ4v) is 1.40. The van der Waals surface area contributed by atoms with Gasteiger partial charge in [-0.25, -0.2) is 9.97 Å². The molecular weight excluding hydrogens is 162 g/mol. The highest BCUT2D eigenvalue weighted by Crippen LogP contribution is 2.31. The maximum atomic E-state index is 4.47. The Balaban J connectivity index is 2.02. The lowest BCUT2D eigenvalue weighted by Gasteiger charge is -2.01. The quantitative estimate of drug-likeness (QED) is 0.749. The summed E-state index contributed by atoms with van der Waals surface area (Å²) in [7, 11) is 1.93. The number of nitrogens with zero attached hydrogens (tertiary/aromatic N) is 2. The van der Waals surface area contributed by atoms with Gasteiger partial charge in [-0.3, -0.25) is 0 Å². The molecule has 1 heterocycles. The minimum atomic E-state index is 0.834. The first-order valence-electron chi connectivity index (χ1n) is 4.84. The minimum Gasteiger partial charge on any atom is -0.314 e. The second kappa shape index (κ2) is 3.83. The minimum absolute atomic E-state index is 0.834. The first-order chi connectivity index (χ1) is 6.38. The largest absolute Gasteiger partial charge is 0.314 e. The molecule has 0 aromatic carbocycles. The smallest absolute Gasteiger partial charge is 0.128 e. The molecule has 1 aliphatic carbocycles. The van der Waals surface area contributed by atoms with Gasteiger partial charge >= 0.3 is 0 Å². The van der Waals surface area contributed by atoms with Gasteiger partial charge in [0.2, 0.25) is 0 Å². The molecule has 1 aromatic rings. The van der Waals surface area contributed by atoms with E-state index in [0.717, 1.165) is 30.4 Å². The summed E-state index contributed by atoms with van der Waals surface area (Å²) in [5.74, 6) is 1.88. The maximum Gasteiger partial charge on any atom is 0.128 e. The molecule has 0 radical (unpaired) electrons. The van der Waals surface area contributed by atoms with Gasteiger partial charge in [-0.2, -0.15) is 0 Å². The monoisotopic (exact) mass is 177 g/mol. The molecule has 2 rings (SSSR count). The van der Waals surface area contributed by atoms with Crippen LogP contribution in [0.4, 0.5) is 0 Å². The average molecular weight is 177 g/mol. The van der Waals surface area contributed by atoms with Crippen LogP contribution in [0.25, 0.3) is 0 Å². The summed E-state index contributed by atoms with van der Waals surface area (Å²) in [4.78, 5) is 8.73. The summed E-state index contributed by atoms with van der Waals surface area (Å²) >= 11 is 0. The van der Waals surface area contributed by atoms with Crippen molar-refractivity contribution >= 4 is 0 Å². The normalized spacial score (nSPS) is 16.1. The summed E-state index contributed by atoms with van der Waals surface area (Å²) in [6, 6.07) is 1.97. The molecule has 0 amide bonds. The lowest BCUT2D eigenvalue weighted by molar-refractivity contribution is 0.730. The molecule has 13 heavy (non-hydrogen) atoms. The number of aromatic nitrogens is 2. The average Bonchev–Trinajstić information content (AvgIpc) is 2.90. The van der Waals surface area contributed by atoms with Gasteiger partial charge in [0.25, 0.3) is 0 Å². The molecule has 1 saturated carbocycles. The molecule has 1 fully saturated rings. The second-order valence-electron chi connectivity index (χ2n) is 3.64. The molecule has 0 spiro atoms. The van der Waals surface area contributed by atoms with Crippen LogP contribution in [0.2, 0.25) is 0 Å². The van der Waals surface area contributed by atoms with Crippen molar-refractivity contribution in [2.45, 2.75) is 25.8 Å². The Morgan fingerprint density at radius 1 is 1.54 bits per heavy atom. The van der Waals surface area contributed by atoms with Crippen molar-refractivity contribution in [2.75, 3.05) is 7.05 Å². The van der Waals surface area contributed by atoms with Crippen LogP contribution >= 0.6 is 0 Å². The van der Waals surface area contributed by atoms with Gasteiger partial charge in [0.1, 0.15) is 5.82 Å². The van der Waals surface area contributed by atoms with E-state index in [0.29, 0.717) is 0 Å². The summed E-state index contributed by atoms with van der Waals surface area (Å²) in [5, 5.41) is 3.09. The summed E-state index contributed by atoms with van der Waals surface area (Å²) < 4.78 is 0. The predicted molar refractivity (Wildman–Crippen MR) is 51.2 cm³/mol. The maximum absolute atomic E-state index is 4.47. The Hall–Kier alpha value is -0.960. The van der Waals surface area contributed by atoms with E-state index >= 15 is 0 Å². The summed E-state index contributed by atoms with van der Waals surface area (Å²) in [5.41, 5.74) is 1.09. The van der Waals surface area contributed by atoms with Crippen LogP contribution < -0.4 is 5.32 Å². The highest BCUT2D eigenvalue weighted by molar-refractivity contribution is 5.03. The Morgan fingerprint density at radius 3 is 3.08 bits per heavy atom. The summed E-state index contributed by atoms with van der Waals surface area (Å²) in [6.45, 7) is 0.834. The SMILES string of the molecule is CNCc1ccnc(CC2CC2)n1. The van der Waals surface area contributed by atoms with Gasteiger partial charge in [-0.1, -0.05) is 0 Å². The van der Waals surface area contributed by atoms with Crippen LogP contribution in [0, 0.1) is 5.92 Å². The third-order valence-electron chi connectivity index (χ3n) is 2.29. The first-order valence-corrected chi connectivity index (χ1v) is 4.84. The number of hydrogen-bond donors (Lipinski definition) is 1. The van der Waals surface area contributed by atoms with Crippen molar-refractivity contribution in [3.05, 3.63) is 23.8 Å². The number of nitrogens with one attached hydrogen (secondary N) is 1. The molecular formula is C10H15N3. The van der Waals surface area contributed by atoms with Crippen molar-refractivity contribution in [1.29, 1.82) is 0 Å². The van der Waals surface area contributed by atoms with Crippen molar-refractivity contribution in [3.63, 3.8) is 0 Å². The molecule has 3 heteroatoms. The molecule has 0 atom stereocenters. The molecule has 0 saturated heterocycles. The van der Waals surface area contributed by atoms with E-state index in [2.05, 4.69) is 15.3 Å². The zero-order valence-electron chi connectivity index (χ0n) is 7.95. The molecule has 1 aromatic heterocycles. The predicted octanol–water partition coefficient (Wildman–Crippen LogP) is 1.15. The van der Waals surface area contributed by atoms with Crippen molar-refractivity contribution in [1.82, 2.24) is 15.3 Å². The lowest BCUT2D eigenvalue weighted by atomic mass is 10.2. The summed E-state index contributed by atoms with van der Waals surface area (Å²) in [6.07, 6.45) is 5.65. The highest BCUT2D eigenvalue weighted by Gasteiger charge is 2.22. The Kier molecular flexibility index (Phi) is 2.54. The fourth-order valence-electron chi connectivity index (χ4n) is 1.40. The molecule has 0 aliphatic heterocycles. The lowest BCUT2D eigenvalue weighted by Crippen LogP contribution is -2.09. The number of rotatable bonds is 4. The molecule has 70 valence electrons. The van der Waals surface area contributed by atoms with Crippen LogP contribution in [0.1, 0.15) is 24.4 Å². The fraction of sp³-hybridized carbons (Fsp3) is 0.600. The van der Waals surface area contributed by atoms with Gasteiger partial charge in [-0.15, -0.1) is 0 Å². The topological polar surface area (TPSA) is 37.8 Å². The standard InChI is InChI=1S/C10H15N3/c1-11-7-9-4-5-12-10(13-9)6-8-2-3-8/h4-5,8,11H,2-3,6-7H2,1H3. The zero-order valence-corrected chi connectivity index (χ0v) is 7.95. The van der Waals surface area contributed by atoms with E-state index in [9.17, 15) is 0 Å². The Labute approximate surface area is 78.6 Å². The first kappa shape index (κ1) is 8.63. The van der Waals surface area contributed by atoms with Gasteiger partial charge in [-0.05, 0) is 31.9 Å².